The number of nitrogens with zero attached hydrogens (tertiary/aromatic N) is 2. The minimum Gasteiger partial charge on any atom is -0.465 e. The molecular weight excluding hydrogens is 356 g/mol. The van der Waals surface area contributed by atoms with Gasteiger partial charge in [-0.15, -0.1) is 10.2 Å². The SMILES string of the molecule is COC(=O)c1ccc(NC(=O)c2ccc(Nc3cc(C)cc(C)c3)nn2)cc1. The summed E-state index contributed by atoms with van der Waals surface area (Å²) in [5.74, 6) is -0.282. The number of hydrogen-bond acceptors (Lipinski definition) is 6. The molecule has 0 spiro atoms. The lowest BCUT2D eigenvalue weighted by Gasteiger charge is -2.08. The highest BCUT2D eigenvalue weighted by Crippen LogP contribution is 2.18. The Balaban J connectivity index is 1.65. The summed E-state index contributed by atoms with van der Waals surface area (Å²) in [7, 11) is 1.31. The molecule has 28 heavy (non-hydrogen) atoms. The zero-order valence-corrected chi connectivity index (χ0v) is 15.8. The Morgan fingerprint density at radius 1 is 0.857 bits per heavy atom. The largest absolute Gasteiger partial charge is 0.465 e. The molecule has 0 unspecified atom stereocenters. The van der Waals surface area contributed by atoms with Crippen LogP contribution in [-0.2, 0) is 4.74 Å². The van der Waals surface area contributed by atoms with E-state index >= 15 is 0 Å². The molecule has 1 aromatic heterocycles. The summed E-state index contributed by atoms with van der Waals surface area (Å²) in [4.78, 5) is 23.8. The van der Waals surface area contributed by atoms with Crippen molar-refractivity contribution in [1.29, 1.82) is 0 Å². The van der Waals surface area contributed by atoms with E-state index in [1.165, 1.54) is 7.11 Å². The molecule has 0 aliphatic heterocycles. The van der Waals surface area contributed by atoms with Crippen molar-refractivity contribution < 1.29 is 14.3 Å². The van der Waals surface area contributed by atoms with Gasteiger partial charge in [-0.25, -0.2) is 4.79 Å². The van der Waals surface area contributed by atoms with Crippen molar-refractivity contribution in [3.05, 3.63) is 77.0 Å². The smallest absolute Gasteiger partial charge is 0.337 e. The van der Waals surface area contributed by atoms with Gasteiger partial charge in [0.1, 0.15) is 0 Å². The number of nitrogens with one attached hydrogen (secondary N) is 2. The average molecular weight is 376 g/mol. The van der Waals surface area contributed by atoms with Crippen molar-refractivity contribution in [3.63, 3.8) is 0 Å². The summed E-state index contributed by atoms with van der Waals surface area (Å²) in [6.07, 6.45) is 0. The molecule has 3 aromatic rings. The second-order valence-electron chi connectivity index (χ2n) is 6.33. The summed E-state index contributed by atoms with van der Waals surface area (Å²) in [5.41, 5.74) is 4.33. The minimum absolute atomic E-state index is 0.183. The molecule has 0 saturated carbocycles. The summed E-state index contributed by atoms with van der Waals surface area (Å²) in [5, 5.41) is 13.9. The van der Waals surface area contributed by atoms with Gasteiger partial charge < -0.3 is 15.4 Å². The van der Waals surface area contributed by atoms with E-state index in [0.717, 1.165) is 16.8 Å². The van der Waals surface area contributed by atoms with Gasteiger partial charge in [0, 0.05) is 11.4 Å². The maximum atomic E-state index is 12.3. The molecule has 0 aliphatic rings. The number of aryl methyl sites for hydroxylation is 2. The van der Waals surface area contributed by atoms with Gasteiger partial charge in [-0.1, -0.05) is 6.07 Å². The third-order valence-corrected chi connectivity index (χ3v) is 3.96. The predicted molar refractivity (Wildman–Crippen MR) is 107 cm³/mol. The van der Waals surface area contributed by atoms with Crippen molar-refractivity contribution in [2.24, 2.45) is 0 Å². The van der Waals surface area contributed by atoms with Crippen molar-refractivity contribution in [1.82, 2.24) is 10.2 Å². The van der Waals surface area contributed by atoms with E-state index in [-0.39, 0.29) is 5.69 Å². The Morgan fingerprint density at radius 2 is 1.54 bits per heavy atom. The number of hydrogen-bond donors (Lipinski definition) is 2. The Kier molecular flexibility index (Phi) is 5.64. The summed E-state index contributed by atoms with van der Waals surface area (Å²) >= 11 is 0. The molecule has 1 amide bonds. The second-order valence-corrected chi connectivity index (χ2v) is 6.33. The second kappa shape index (κ2) is 8.30. The molecule has 7 nitrogen and oxygen atoms in total. The highest BCUT2D eigenvalue weighted by Gasteiger charge is 2.10. The van der Waals surface area contributed by atoms with E-state index in [1.54, 1.807) is 36.4 Å². The van der Waals surface area contributed by atoms with Crippen LogP contribution < -0.4 is 10.6 Å². The molecule has 0 aliphatic carbocycles. The number of benzene rings is 2. The van der Waals surface area contributed by atoms with Gasteiger partial charge in [-0.2, -0.15) is 0 Å². The first-order valence-corrected chi connectivity index (χ1v) is 8.63. The monoisotopic (exact) mass is 376 g/mol. The van der Waals surface area contributed by atoms with Gasteiger partial charge in [-0.05, 0) is 73.5 Å². The van der Waals surface area contributed by atoms with Gasteiger partial charge in [0.25, 0.3) is 5.91 Å². The van der Waals surface area contributed by atoms with Crippen LogP contribution in [0, 0.1) is 13.8 Å². The average Bonchev–Trinajstić information content (AvgIpc) is 2.67. The Labute approximate surface area is 162 Å². The van der Waals surface area contributed by atoms with Crippen LogP contribution in [0.2, 0.25) is 0 Å². The lowest BCUT2D eigenvalue weighted by atomic mass is 10.1. The quantitative estimate of drug-likeness (QED) is 0.657. The van der Waals surface area contributed by atoms with Crippen LogP contribution >= 0.6 is 0 Å². The standard InChI is InChI=1S/C21H20N4O3/c1-13-10-14(2)12-17(11-13)22-19-9-8-18(24-25-19)20(26)23-16-6-4-15(5-7-16)21(27)28-3/h4-12H,1-3H3,(H,22,25)(H,23,26). The van der Waals surface area contributed by atoms with Crippen LogP contribution in [0.5, 0.6) is 0 Å². The van der Waals surface area contributed by atoms with Crippen molar-refractivity contribution >= 4 is 29.1 Å². The normalized spacial score (nSPS) is 10.2. The summed E-state index contributed by atoms with van der Waals surface area (Å²) < 4.78 is 4.64. The van der Waals surface area contributed by atoms with Crippen LogP contribution in [0.4, 0.5) is 17.2 Å². The molecule has 7 heteroatoms. The molecule has 2 N–H and O–H groups in total. The molecule has 0 saturated heterocycles. The minimum atomic E-state index is -0.435. The fraction of sp³-hybridized carbons (Fsp3) is 0.143. The van der Waals surface area contributed by atoms with E-state index in [0.29, 0.717) is 17.1 Å². The molecule has 0 bridgehead atoms. The Hall–Kier alpha value is -3.74. The highest BCUT2D eigenvalue weighted by molar-refractivity contribution is 6.03. The number of methoxy groups -OCH3 is 1. The van der Waals surface area contributed by atoms with Gasteiger partial charge >= 0.3 is 5.97 Å². The van der Waals surface area contributed by atoms with Crippen LogP contribution in [0.1, 0.15) is 32.0 Å². The predicted octanol–water partition coefficient (Wildman–Crippen LogP) is 3.88. The fourth-order valence-corrected chi connectivity index (χ4v) is 2.72. The van der Waals surface area contributed by atoms with E-state index in [4.69, 9.17) is 0 Å². The number of carbonyl (C=O) groups excluding carboxylic acids is 2. The Bertz CT molecular complexity index is 979. The van der Waals surface area contributed by atoms with Crippen LogP contribution in [0.3, 0.4) is 0 Å². The third kappa shape index (κ3) is 4.70. The van der Waals surface area contributed by atoms with Crippen LogP contribution in [-0.4, -0.2) is 29.2 Å². The number of esters is 1. The lowest BCUT2D eigenvalue weighted by Crippen LogP contribution is -2.14. The van der Waals surface area contributed by atoms with E-state index < -0.39 is 11.9 Å². The molecule has 0 fully saturated rings. The van der Waals surface area contributed by atoms with Gasteiger partial charge in [0.15, 0.2) is 11.5 Å². The molecule has 142 valence electrons. The summed E-state index contributed by atoms with van der Waals surface area (Å²) in [6, 6.07) is 15.8. The topological polar surface area (TPSA) is 93.2 Å². The van der Waals surface area contributed by atoms with E-state index in [2.05, 4.69) is 31.6 Å². The molecule has 0 atom stereocenters. The first-order chi connectivity index (χ1) is 13.4. The zero-order chi connectivity index (χ0) is 20.1. The Morgan fingerprint density at radius 3 is 2.11 bits per heavy atom. The number of carbonyl (C=O) groups is 2. The van der Waals surface area contributed by atoms with E-state index in [9.17, 15) is 9.59 Å². The van der Waals surface area contributed by atoms with E-state index in [1.807, 2.05) is 26.0 Å². The summed E-state index contributed by atoms with van der Waals surface area (Å²) in [6.45, 7) is 4.05. The highest BCUT2D eigenvalue weighted by atomic mass is 16.5. The van der Waals surface area contributed by atoms with Gasteiger partial charge in [-0.3, -0.25) is 4.79 Å². The van der Waals surface area contributed by atoms with Crippen LogP contribution in [0.15, 0.2) is 54.6 Å². The molecule has 2 aromatic carbocycles. The first kappa shape index (κ1) is 19.0. The first-order valence-electron chi connectivity index (χ1n) is 8.63. The number of aromatic nitrogens is 2. The lowest BCUT2D eigenvalue weighted by molar-refractivity contribution is 0.0600. The van der Waals surface area contributed by atoms with Gasteiger partial charge in [0.05, 0.1) is 12.7 Å². The molecule has 3 rings (SSSR count). The van der Waals surface area contributed by atoms with Crippen molar-refractivity contribution in [2.45, 2.75) is 13.8 Å². The number of anilines is 3. The van der Waals surface area contributed by atoms with Gasteiger partial charge in [0.2, 0.25) is 0 Å². The molecule has 0 radical (unpaired) electrons. The van der Waals surface area contributed by atoms with Crippen molar-refractivity contribution in [3.8, 4) is 0 Å². The third-order valence-electron chi connectivity index (χ3n) is 3.96. The van der Waals surface area contributed by atoms with Crippen molar-refractivity contribution in [2.75, 3.05) is 17.7 Å². The number of amides is 1. The molecule has 1 heterocycles. The number of rotatable bonds is 5. The maximum absolute atomic E-state index is 12.3. The zero-order valence-electron chi connectivity index (χ0n) is 15.8. The van der Waals surface area contributed by atoms with Crippen LogP contribution in [0.25, 0.3) is 0 Å². The molecular formula is C21H20N4O3. The fourth-order valence-electron chi connectivity index (χ4n) is 2.72. The maximum Gasteiger partial charge on any atom is 0.337 e. The number of ether oxygens (including phenoxy) is 1.